The molecular formula is C21H21BrClN3O3. The molecule has 1 aromatic heterocycles. The molecule has 0 saturated heterocycles. The number of esters is 1. The van der Waals surface area contributed by atoms with Crippen LogP contribution in [0.5, 0.6) is 0 Å². The minimum absolute atomic E-state index is 0.0166. The van der Waals surface area contributed by atoms with Gasteiger partial charge in [-0.25, -0.2) is 0 Å². The van der Waals surface area contributed by atoms with Crippen LogP contribution in [0.4, 0.5) is 0 Å². The summed E-state index contributed by atoms with van der Waals surface area (Å²) in [6.45, 7) is 3.55. The zero-order chi connectivity index (χ0) is 21.2. The molecule has 152 valence electrons. The number of carbonyl (C=O) groups excluding carboxylic acids is 2. The van der Waals surface area contributed by atoms with E-state index in [-0.39, 0.29) is 18.4 Å². The minimum Gasteiger partial charge on any atom is -0.462 e. The highest BCUT2D eigenvalue weighted by Gasteiger charge is 2.26. The number of nitrogens with one attached hydrogen (secondary N) is 1. The number of hydrogen-bond donors (Lipinski definition) is 1. The number of ether oxygens (including phenoxy) is 1. The number of nitrogens with zero attached hydrogens (tertiary/aromatic N) is 2. The fourth-order valence-electron chi connectivity index (χ4n) is 2.95. The molecule has 0 aliphatic carbocycles. The Morgan fingerprint density at radius 2 is 1.83 bits per heavy atom. The van der Waals surface area contributed by atoms with Gasteiger partial charge in [0.25, 0.3) is 5.91 Å². The fraction of sp³-hybridized carbons (Fsp3) is 0.286. The van der Waals surface area contributed by atoms with Gasteiger partial charge in [-0.05, 0) is 49.2 Å². The van der Waals surface area contributed by atoms with E-state index in [0.29, 0.717) is 5.69 Å². The van der Waals surface area contributed by atoms with Gasteiger partial charge in [0.15, 0.2) is 5.69 Å². The quantitative estimate of drug-likeness (QED) is 0.424. The number of aryl methyl sites for hydroxylation is 1. The number of benzene rings is 2. The molecule has 0 bridgehead atoms. The first kappa shape index (κ1) is 21.3. The van der Waals surface area contributed by atoms with Gasteiger partial charge in [-0.3, -0.25) is 14.3 Å². The van der Waals surface area contributed by atoms with E-state index in [4.69, 9.17) is 16.3 Å². The maximum atomic E-state index is 12.8. The first-order chi connectivity index (χ1) is 13.7. The number of alkyl halides is 1. The Labute approximate surface area is 182 Å². The molecule has 0 atom stereocenters. The summed E-state index contributed by atoms with van der Waals surface area (Å²) in [5.41, 5.74) is 2.52. The molecule has 29 heavy (non-hydrogen) atoms. The third kappa shape index (κ3) is 4.97. The van der Waals surface area contributed by atoms with Gasteiger partial charge in [-0.2, -0.15) is 5.10 Å². The Bertz CT molecular complexity index is 1060. The molecule has 0 saturated carbocycles. The third-order valence-corrected chi connectivity index (χ3v) is 5.15. The van der Waals surface area contributed by atoms with E-state index in [1.807, 2.05) is 42.5 Å². The van der Waals surface area contributed by atoms with Gasteiger partial charge in [0.05, 0.1) is 11.1 Å². The smallest absolute Gasteiger partial charge is 0.320 e. The van der Waals surface area contributed by atoms with E-state index in [1.54, 1.807) is 25.6 Å². The summed E-state index contributed by atoms with van der Waals surface area (Å²) in [4.78, 5) is 24.1. The lowest BCUT2D eigenvalue weighted by molar-refractivity contribution is -0.142. The van der Waals surface area contributed by atoms with E-state index in [9.17, 15) is 9.59 Å². The van der Waals surface area contributed by atoms with Gasteiger partial charge in [0.2, 0.25) is 0 Å². The molecular weight excluding hydrogens is 458 g/mol. The fourth-order valence-corrected chi connectivity index (χ4v) is 3.29. The molecule has 2 aromatic carbocycles. The summed E-state index contributed by atoms with van der Waals surface area (Å²) in [6, 6.07) is 13.9. The molecule has 0 aliphatic heterocycles. The van der Waals surface area contributed by atoms with Gasteiger partial charge < -0.3 is 10.1 Å². The summed E-state index contributed by atoms with van der Waals surface area (Å²) in [5, 5.41) is 8.02. The monoisotopic (exact) mass is 477 g/mol. The van der Waals surface area contributed by atoms with Crippen LogP contribution in [0.2, 0.25) is 0 Å². The normalized spacial score (nSPS) is 11.5. The van der Waals surface area contributed by atoms with Crippen LogP contribution in [-0.4, -0.2) is 39.7 Å². The topological polar surface area (TPSA) is 73.2 Å². The molecule has 0 fully saturated rings. The highest BCUT2D eigenvalue weighted by Crippen LogP contribution is 2.27. The molecule has 0 aliphatic rings. The Balaban J connectivity index is 1.85. The Morgan fingerprint density at radius 3 is 2.48 bits per heavy atom. The zero-order valence-electron chi connectivity index (χ0n) is 16.3. The number of rotatable bonds is 6. The van der Waals surface area contributed by atoms with E-state index in [0.717, 1.165) is 26.5 Å². The van der Waals surface area contributed by atoms with Crippen molar-refractivity contribution in [3.05, 3.63) is 52.6 Å². The van der Waals surface area contributed by atoms with Crippen LogP contribution in [0.1, 0.15) is 24.3 Å². The SMILES string of the molecule is Cn1nc(C(=O)NC(C)(C)COC(=O)CCl)c2ccc(-c3ccc(Br)cc3)cc21. The Kier molecular flexibility index (Phi) is 6.29. The van der Waals surface area contributed by atoms with Gasteiger partial charge in [0.1, 0.15) is 12.5 Å². The predicted octanol–water partition coefficient (Wildman–Crippen LogP) is 4.29. The standard InChI is InChI=1S/C21H21BrClN3O3/c1-21(2,12-29-18(27)11-23)24-20(28)19-16-9-6-14(10-17(16)26(3)25-19)13-4-7-15(22)8-5-13/h4-10H,11-12H2,1-3H3,(H,24,28). The van der Waals surface area contributed by atoms with Crippen molar-refractivity contribution in [1.82, 2.24) is 15.1 Å². The lowest BCUT2D eigenvalue weighted by atomic mass is 10.0. The van der Waals surface area contributed by atoms with Crippen molar-refractivity contribution in [2.24, 2.45) is 7.05 Å². The van der Waals surface area contributed by atoms with Gasteiger partial charge in [-0.1, -0.05) is 34.1 Å². The molecule has 1 amide bonds. The molecule has 1 N–H and O–H groups in total. The van der Waals surface area contributed by atoms with E-state index < -0.39 is 11.5 Å². The molecule has 3 aromatic rings. The van der Waals surface area contributed by atoms with Gasteiger partial charge in [-0.15, -0.1) is 11.6 Å². The van der Waals surface area contributed by atoms with Crippen molar-refractivity contribution in [1.29, 1.82) is 0 Å². The highest BCUT2D eigenvalue weighted by atomic mass is 79.9. The molecule has 0 spiro atoms. The molecule has 8 heteroatoms. The maximum absolute atomic E-state index is 12.8. The van der Waals surface area contributed by atoms with Crippen molar-refractivity contribution >= 4 is 50.3 Å². The first-order valence-electron chi connectivity index (χ1n) is 8.97. The molecule has 0 radical (unpaired) electrons. The van der Waals surface area contributed by atoms with Crippen LogP contribution in [0.15, 0.2) is 46.9 Å². The second kappa shape index (κ2) is 8.55. The van der Waals surface area contributed by atoms with Crippen molar-refractivity contribution in [2.75, 3.05) is 12.5 Å². The molecule has 3 rings (SSSR count). The first-order valence-corrected chi connectivity index (χ1v) is 10.3. The van der Waals surface area contributed by atoms with Crippen LogP contribution in [0.3, 0.4) is 0 Å². The van der Waals surface area contributed by atoms with Crippen molar-refractivity contribution in [2.45, 2.75) is 19.4 Å². The largest absolute Gasteiger partial charge is 0.462 e. The number of hydrogen-bond acceptors (Lipinski definition) is 4. The van der Waals surface area contributed by atoms with Crippen molar-refractivity contribution < 1.29 is 14.3 Å². The van der Waals surface area contributed by atoms with Crippen molar-refractivity contribution in [3.8, 4) is 11.1 Å². The van der Waals surface area contributed by atoms with Crippen LogP contribution in [0.25, 0.3) is 22.0 Å². The number of aromatic nitrogens is 2. The third-order valence-electron chi connectivity index (χ3n) is 4.40. The Hall–Kier alpha value is -2.38. The Morgan fingerprint density at radius 1 is 1.17 bits per heavy atom. The number of fused-ring (bicyclic) bond motifs is 1. The summed E-state index contributed by atoms with van der Waals surface area (Å²) in [7, 11) is 1.80. The maximum Gasteiger partial charge on any atom is 0.320 e. The molecule has 1 heterocycles. The van der Waals surface area contributed by atoms with Crippen LogP contribution in [-0.2, 0) is 16.6 Å². The van der Waals surface area contributed by atoms with Gasteiger partial charge in [0, 0.05) is 16.9 Å². The second-order valence-corrected chi connectivity index (χ2v) is 8.53. The summed E-state index contributed by atoms with van der Waals surface area (Å²) in [6.07, 6.45) is 0. The van der Waals surface area contributed by atoms with Crippen LogP contribution in [0, 0.1) is 0 Å². The predicted molar refractivity (Wildman–Crippen MR) is 117 cm³/mol. The van der Waals surface area contributed by atoms with Gasteiger partial charge >= 0.3 is 5.97 Å². The van der Waals surface area contributed by atoms with E-state index in [2.05, 4.69) is 26.3 Å². The number of amides is 1. The lowest BCUT2D eigenvalue weighted by Gasteiger charge is -2.25. The summed E-state index contributed by atoms with van der Waals surface area (Å²) in [5.74, 6) is -1.09. The van der Waals surface area contributed by atoms with E-state index >= 15 is 0 Å². The van der Waals surface area contributed by atoms with E-state index in [1.165, 1.54) is 0 Å². The average molecular weight is 479 g/mol. The second-order valence-electron chi connectivity index (χ2n) is 7.34. The number of carbonyl (C=O) groups is 2. The number of halogens is 2. The van der Waals surface area contributed by atoms with Crippen LogP contribution < -0.4 is 5.32 Å². The van der Waals surface area contributed by atoms with Crippen LogP contribution >= 0.6 is 27.5 Å². The average Bonchev–Trinajstić information content (AvgIpc) is 3.03. The molecule has 6 nitrogen and oxygen atoms in total. The molecule has 0 unspecified atom stereocenters. The zero-order valence-corrected chi connectivity index (χ0v) is 18.7. The summed E-state index contributed by atoms with van der Waals surface area (Å²) >= 11 is 8.88. The van der Waals surface area contributed by atoms with Crippen molar-refractivity contribution in [3.63, 3.8) is 0 Å². The minimum atomic E-state index is -0.764. The summed E-state index contributed by atoms with van der Waals surface area (Å²) < 4.78 is 7.75. The highest BCUT2D eigenvalue weighted by molar-refractivity contribution is 9.10. The lowest BCUT2D eigenvalue weighted by Crippen LogP contribution is -2.47.